The van der Waals surface area contributed by atoms with E-state index in [1.165, 1.54) is 0 Å². The van der Waals surface area contributed by atoms with Gasteiger partial charge in [0.2, 0.25) is 0 Å². The molecule has 4 heteroatoms. The van der Waals surface area contributed by atoms with Crippen molar-refractivity contribution in [3.8, 4) is 16.9 Å². The summed E-state index contributed by atoms with van der Waals surface area (Å²) in [5.74, 6) is 0.417. The smallest absolute Gasteiger partial charge is 0.131 e. The van der Waals surface area contributed by atoms with Gasteiger partial charge in [0, 0.05) is 24.8 Å². The topological polar surface area (TPSA) is 30.5 Å². The Morgan fingerprint density at radius 3 is 2.57 bits per heavy atom. The summed E-state index contributed by atoms with van der Waals surface area (Å²) in [5.41, 5.74) is 2.21. The predicted molar refractivity (Wildman–Crippen MR) is 82.0 cm³/mol. The normalized spacial score (nSPS) is 10.6. The Bertz CT molecular complexity index is 587. The molecule has 0 saturated carbocycles. The fourth-order valence-corrected chi connectivity index (χ4v) is 2.14. The molecule has 2 aromatic rings. The number of ether oxygens (including phenoxy) is 2. The minimum absolute atomic E-state index is 0.245. The molecule has 2 rings (SSSR count). The Morgan fingerprint density at radius 1 is 1.05 bits per heavy atom. The predicted octanol–water partition coefficient (Wildman–Crippen LogP) is 3.24. The van der Waals surface area contributed by atoms with Gasteiger partial charge in [0.25, 0.3) is 0 Å². The van der Waals surface area contributed by atoms with Crippen LogP contribution in [0, 0.1) is 5.82 Å². The number of halogens is 1. The second-order valence-electron chi connectivity index (χ2n) is 4.68. The minimum atomic E-state index is -0.245. The van der Waals surface area contributed by atoms with Crippen molar-refractivity contribution in [2.24, 2.45) is 0 Å². The highest BCUT2D eigenvalue weighted by molar-refractivity contribution is 5.71. The lowest BCUT2D eigenvalue weighted by Gasteiger charge is -2.12. The van der Waals surface area contributed by atoms with Gasteiger partial charge >= 0.3 is 0 Å². The van der Waals surface area contributed by atoms with E-state index in [9.17, 15) is 4.39 Å². The maximum atomic E-state index is 14.3. The lowest BCUT2D eigenvalue weighted by atomic mass is 10.0. The fraction of sp³-hybridized carbons (Fsp3) is 0.294. The van der Waals surface area contributed by atoms with Gasteiger partial charge in [0.15, 0.2) is 0 Å². The van der Waals surface area contributed by atoms with Crippen LogP contribution in [0.1, 0.15) is 5.56 Å². The van der Waals surface area contributed by atoms with Gasteiger partial charge in [-0.05, 0) is 24.7 Å². The lowest BCUT2D eigenvalue weighted by Crippen LogP contribution is -2.06. The SMILES string of the molecule is CNCc1ccc(-c2ccccc2OCCOC)c(F)c1. The molecule has 0 aliphatic heterocycles. The molecule has 0 aliphatic carbocycles. The van der Waals surface area contributed by atoms with Crippen LogP contribution < -0.4 is 10.1 Å². The average molecular weight is 289 g/mol. The summed E-state index contributed by atoms with van der Waals surface area (Å²) >= 11 is 0. The molecule has 0 aromatic heterocycles. The molecule has 0 spiro atoms. The number of para-hydroxylation sites is 1. The van der Waals surface area contributed by atoms with Crippen LogP contribution in [0.25, 0.3) is 11.1 Å². The van der Waals surface area contributed by atoms with Crippen LogP contribution in [0.2, 0.25) is 0 Å². The van der Waals surface area contributed by atoms with Gasteiger partial charge in [-0.15, -0.1) is 0 Å². The first-order chi connectivity index (χ1) is 10.3. The summed E-state index contributed by atoms with van der Waals surface area (Å²) in [6, 6.07) is 12.7. The number of methoxy groups -OCH3 is 1. The van der Waals surface area contributed by atoms with Gasteiger partial charge < -0.3 is 14.8 Å². The maximum absolute atomic E-state index is 14.3. The third-order valence-corrected chi connectivity index (χ3v) is 3.14. The van der Waals surface area contributed by atoms with Crippen LogP contribution in [0.15, 0.2) is 42.5 Å². The second kappa shape index (κ2) is 7.76. The summed E-state index contributed by atoms with van der Waals surface area (Å²) in [6.45, 7) is 1.58. The van der Waals surface area contributed by atoms with Crippen molar-refractivity contribution in [3.63, 3.8) is 0 Å². The van der Waals surface area contributed by atoms with E-state index in [2.05, 4.69) is 5.32 Å². The fourth-order valence-electron chi connectivity index (χ4n) is 2.14. The van der Waals surface area contributed by atoms with E-state index in [0.717, 1.165) is 11.1 Å². The van der Waals surface area contributed by atoms with Gasteiger partial charge in [-0.1, -0.05) is 30.3 Å². The van der Waals surface area contributed by atoms with E-state index in [1.54, 1.807) is 19.2 Å². The van der Waals surface area contributed by atoms with E-state index in [-0.39, 0.29) is 5.82 Å². The van der Waals surface area contributed by atoms with Crippen molar-refractivity contribution < 1.29 is 13.9 Å². The Kier molecular flexibility index (Phi) is 5.72. The Hall–Kier alpha value is -1.91. The molecule has 0 heterocycles. The van der Waals surface area contributed by atoms with Crippen LogP contribution in [0.4, 0.5) is 4.39 Å². The monoisotopic (exact) mass is 289 g/mol. The van der Waals surface area contributed by atoms with Crippen LogP contribution in [0.3, 0.4) is 0 Å². The molecule has 0 radical (unpaired) electrons. The van der Waals surface area contributed by atoms with E-state index >= 15 is 0 Å². The number of nitrogens with one attached hydrogen (secondary N) is 1. The molecule has 21 heavy (non-hydrogen) atoms. The highest BCUT2D eigenvalue weighted by atomic mass is 19.1. The molecule has 112 valence electrons. The number of rotatable bonds is 7. The number of hydrogen-bond acceptors (Lipinski definition) is 3. The maximum Gasteiger partial charge on any atom is 0.131 e. The van der Waals surface area contributed by atoms with E-state index in [1.807, 2.05) is 37.4 Å². The third kappa shape index (κ3) is 4.03. The van der Waals surface area contributed by atoms with Crippen LogP contribution >= 0.6 is 0 Å². The minimum Gasteiger partial charge on any atom is -0.491 e. The third-order valence-electron chi connectivity index (χ3n) is 3.14. The van der Waals surface area contributed by atoms with E-state index in [4.69, 9.17) is 9.47 Å². The molecular weight excluding hydrogens is 269 g/mol. The van der Waals surface area contributed by atoms with Crippen molar-refractivity contribution in [1.82, 2.24) is 5.32 Å². The largest absolute Gasteiger partial charge is 0.491 e. The summed E-state index contributed by atoms with van der Waals surface area (Å²) in [6.07, 6.45) is 0. The van der Waals surface area contributed by atoms with E-state index in [0.29, 0.717) is 31.1 Å². The molecule has 0 aliphatic rings. The zero-order valence-corrected chi connectivity index (χ0v) is 12.4. The van der Waals surface area contributed by atoms with Gasteiger partial charge in [0.1, 0.15) is 18.2 Å². The summed E-state index contributed by atoms with van der Waals surface area (Å²) in [7, 11) is 3.46. The van der Waals surface area contributed by atoms with Gasteiger partial charge in [-0.2, -0.15) is 0 Å². The number of hydrogen-bond donors (Lipinski definition) is 1. The Labute approximate surface area is 124 Å². The van der Waals surface area contributed by atoms with Gasteiger partial charge in [-0.25, -0.2) is 4.39 Å². The molecule has 0 saturated heterocycles. The zero-order chi connectivity index (χ0) is 15.1. The van der Waals surface area contributed by atoms with Gasteiger partial charge in [0.05, 0.1) is 6.61 Å². The molecule has 0 bridgehead atoms. The molecule has 3 nitrogen and oxygen atoms in total. The van der Waals surface area contributed by atoms with Crippen molar-refractivity contribution in [1.29, 1.82) is 0 Å². The van der Waals surface area contributed by atoms with Crippen LogP contribution in [0.5, 0.6) is 5.75 Å². The molecule has 0 atom stereocenters. The lowest BCUT2D eigenvalue weighted by molar-refractivity contribution is 0.146. The quantitative estimate of drug-likeness (QED) is 0.794. The van der Waals surface area contributed by atoms with Crippen molar-refractivity contribution in [2.75, 3.05) is 27.4 Å². The van der Waals surface area contributed by atoms with Crippen LogP contribution in [-0.2, 0) is 11.3 Å². The Balaban J connectivity index is 2.28. The summed E-state index contributed by atoms with van der Waals surface area (Å²) < 4.78 is 24.9. The highest BCUT2D eigenvalue weighted by Crippen LogP contribution is 2.32. The first kappa shape index (κ1) is 15.5. The standard InChI is InChI=1S/C17H20FNO2/c1-19-12-13-7-8-14(16(18)11-13)15-5-3-4-6-17(15)21-10-9-20-2/h3-8,11,19H,9-10,12H2,1-2H3. The summed E-state index contributed by atoms with van der Waals surface area (Å²) in [4.78, 5) is 0. The second-order valence-corrected chi connectivity index (χ2v) is 4.68. The molecular formula is C17H20FNO2. The van der Waals surface area contributed by atoms with Gasteiger partial charge in [-0.3, -0.25) is 0 Å². The zero-order valence-electron chi connectivity index (χ0n) is 12.4. The van der Waals surface area contributed by atoms with E-state index < -0.39 is 0 Å². The molecule has 0 unspecified atom stereocenters. The van der Waals surface area contributed by atoms with Crippen molar-refractivity contribution >= 4 is 0 Å². The van der Waals surface area contributed by atoms with Crippen molar-refractivity contribution in [3.05, 3.63) is 53.8 Å². The first-order valence-corrected chi connectivity index (χ1v) is 6.90. The molecule has 0 fully saturated rings. The van der Waals surface area contributed by atoms with Crippen LogP contribution in [-0.4, -0.2) is 27.4 Å². The van der Waals surface area contributed by atoms with Crippen molar-refractivity contribution in [2.45, 2.75) is 6.54 Å². The average Bonchev–Trinajstić information content (AvgIpc) is 2.49. The summed E-state index contributed by atoms with van der Waals surface area (Å²) in [5, 5.41) is 3.01. The first-order valence-electron chi connectivity index (χ1n) is 6.90. The number of benzene rings is 2. The molecule has 0 amide bonds. The molecule has 2 aromatic carbocycles. The highest BCUT2D eigenvalue weighted by Gasteiger charge is 2.11. The Morgan fingerprint density at radius 2 is 1.86 bits per heavy atom. The molecule has 1 N–H and O–H groups in total.